The van der Waals surface area contributed by atoms with Crippen LogP contribution in [0.1, 0.15) is 11.1 Å². The third-order valence-corrected chi connectivity index (χ3v) is 2.21. The molecule has 6 heteroatoms. The molecule has 2 aromatic rings. The highest BCUT2D eigenvalue weighted by atomic mass is 14.9. The minimum absolute atomic E-state index is 0.317. The fourth-order valence-corrected chi connectivity index (χ4v) is 1.50. The SMILES string of the molecule is Nc1cc(C#CC#Cc2cc(N)nc(N)c2)cc(N)n1. The van der Waals surface area contributed by atoms with Crippen molar-refractivity contribution in [3.63, 3.8) is 0 Å². The van der Waals surface area contributed by atoms with Crippen molar-refractivity contribution in [3.8, 4) is 23.7 Å². The van der Waals surface area contributed by atoms with Gasteiger partial charge in [0, 0.05) is 11.1 Å². The van der Waals surface area contributed by atoms with Crippen molar-refractivity contribution in [1.82, 2.24) is 9.97 Å². The van der Waals surface area contributed by atoms with E-state index in [9.17, 15) is 0 Å². The van der Waals surface area contributed by atoms with Crippen molar-refractivity contribution in [2.75, 3.05) is 22.9 Å². The number of nitrogen functional groups attached to an aromatic ring is 4. The Kier molecular flexibility index (Phi) is 3.60. The van der Waals surface area contributed by atoms with Gasteiger partial charge in [0.1, 0.15) is 23.3 Å². The van der Waals surface area contributed by atoms with E-state index >= 15 is 0 Å². The highest BCUT2D eigenvalue weighted by Gasteiger charge is 1.94. The first kappa shape index (κ1) is 13.1. The predicted octanol–water partition coefficient (Wildman–Crippen LogP) is 0.209. The number of rotatable bonds is 0. The summed E-state index contributed by atoms with van der Waals surface area (Å²) in [4.78, 5) is 7.69. The lowest BCUT2D eigenvalue weighted by Gasteiger charge is -1.96. The van der Waals surface area contributed by atoms with Gasteiger partial charge < -0.3 is 22.9 Å². The molecular formula is C14H12N6. The lowest BCUT2D eigenvalue weighted by atomic mass is 10.2. The topological polar surface area (TPSA) is 130 Å². The quantitative estimate of drug-likeness (QED) is 0.503. The molecule has 0 bridgehead atoms. The molecule has 8 N–H and O–H groups in total. The first-order valence-electron chi connectivity index (χ1n) is 5.61. The minimum Gasteiger partial charge on any atom is -0.384 e. The monoisotopic (exact) mass is 264 g/mol. The second kappa shape index (κ2) is 5.51. The van der Waals surface area contributed by atoms with Crippen LogP contribution in [0.4, 0.5) is 23.3 Å². The molecule has 2 aromatic heterocycles. The first-order valence-corrected chi connectivity index (χ1v) is 5.61. The van der Waals surface area contributed by atoms with Crippen LogP contribution < -0.4 is 22.9 Å². The highest BCUT2D eigenvalue weighted by molar-refractivity contribution is 5.54. The Bertz CT molecular complexity index is 666. The van der Waals surface area contributed by atoms with Gasteiger partial charge in [-0.25, -0.2) is 9.97 Å². The lowest BCUT2D eigenvalue weighted by molar-refractivity contribution is 1.33. The molecule has 0 atom stereocenters. The molecule has 20 heavy (non-hydrogen) atoms. The van der Waals surface area contributed by atoms with Gasteiger partial charge in [-0.05, 0) is 36.1 Å². The molecule has 6 nitrogen and oxygen atoms in total. The van der Waals surface area contributed by atoms with Crippen LogP contribution in [0.5, 0.6) is 0 Å². The largest absolute Gasteiger partial charge is 0.384 e. The summed E-state index contributed by atoms with van der Waals surface area (Å²) in [6, 6.07) is 6.47. The van der Waals surface area contributed by atoms with Crippen molar-refractivity contribution in [1.29, 1.82) is 0 Å². The Hall–Kier alpha value is -3.38. The minimum atomic E-state index is 0.317. The third kappa shape index (κ3) is 3.56. The highest BCUT2D eigenvalue weighted by Crippen LogP contribution is 2.08. The van der Waals surface area contributed by atoms with Gasteiger partial charge in [0.15, 0.2) is 0 Å². The van der Waals surface area contributed by atoms with E-state index in [0.717, 1.165) is 0 Å². The Morgan fingerprint density at radius 1 is 0.600 bits per heavy atom. The van der Waals surface area contributed by atoms with Gasteiger partial charge in [0.05, 0.1) is 0 Å². The first-order chi connectivity index (χ1) is 9.52. The second-order valence-electron chi connectivity index (χ2n) is 3.91. The van der Waals surface area contributed by atoms with Crippen LogP contribution in [0.3, 0.4) is 0 Å². The zero-order valence-electron chi connectivity index (χ0n) is 10.5. The number of hydrogen-bond acceptors (Lipinski definition) is 6. The maximum atomic E-state index is 5.56. The molecule has 98 valence electrons. The lowest BCUT2D eigenvalue weighted by Crippen LogP contribution is -1.96. The summed E-state index contributed by atoms with van der Waals surface area (Å²) in [5.41, 5.74) is 23.5. The van der Waals surface area contributed by atoms with E-state index in [2.05, 4.69) is 33.6 Å². The molecule has 0 unspecified atom stereocenters. The van der Waals surface area contributed by atoms with E-state index in [4.69, 9.17) is 22.9 Å². The Morgan fingerprint density at radius 2 is 0.900 bits per heavy atom. The average Bonchev–Trinajstić information content (AvgIpc) is 2.32. The Balaban J connectivity index is 2.21. The van der Waals surface area contributed by atoms with Crippen LogP contribution in [0, 0.1) is 23.7 Å². The molecule has 0 saturated carbocycles. The maximum absolute atomic E-state index is 5.56. The summed E-state index contributed by atoms with van der Waals surface area (Å²) in [5, 5.41) is 0. The van der Waals surface area contributed by atoms with Crippen LogP contribution in [-0.4, -0.2) is 9.97 Å². The molecule has 0 radical (unpaired) electrons. The van der Waals surface area contributed by atoms with Crippen molar-refractivity contribution in [2.45, 2.75) is 0 Å². The Labute approximate surface area is 116 Å². The summed E-state index contributed by atoms with van der Waals surface area (Å²) in [7, 11) is 0. The normalized spacial score (nSPS) is 9.00. The van der Waals surface area contributed by atoms with Gasteiger partial charge in [0.2, 0.25) is 0 Å². The maximum Gasteiger partial charge on any atom is 0.127 e. The fraction of sp³-hybridized carbons (Fsp3) is 0. The van der Waals surface area contributed by atoms with Crippen molar-refractivity contribution in [2.24, 2.45) is 0 Å². The molecule has 0 aliphatic carbocycles. The summed E-state index contributed by atoms with van der Waals surface area (Å²) in [6.07, 6.45) is 0. The number of aromatic nitrogens is 2. The summed E-state index contributed by atoms with van der Waals surface area (Å²) < 4.78 is 0. The zero-order chi connectivity index (χ0) is 14.5. The van der Waals surface area contributed by atoms with Crippen LogP contribution in [0.25, 0.3) is 0 Å². The van der Waals surface area contributed by atoms with Crippen molar-refractivity contribution >= 4 is 23.3 Å². The standard InChI is InChI=1S/C14H12N6/c15-11-5-9(6-12(16)19-11)3-1-2-4-10-7-13(17)20-14(18)8-10/h5-8H,(H4,15,16,19)(H4,17,18,20). The molecule has 2 heterocycles. The van der Waals surface area contributed by atoms with Gasteiger partial charge in [-0.2, -0.15) is 0 Å². The van der Waals surface area contributed by atoms with Crippen LogP contribution in [-0.2, 0) is 0 Å². The molecule has 0 spiro atoms. The van der Waals surface area contributed by atoms with E-state index in [1.807, 2.05) is 0 Å². The number of nitrogens with zero attached hydrogens (tertiary/aromatic N) is 2. The number of nitrogens with two attached hydrogens (primary N) is 4. The average molecular weight is 264 g/mol. The van der Waals surface area contributed by atoms with E-state index in [1.165, 1.54) is 0 Å². The van der Waals surface area contributed by atoms with E-state index < -0.39 is 0 Å². The third-order valence-electron chi connectivity index (χ3n) is 2.21. The summed E-state index contributed by atoms with van der Waals surface area (Å²) in [6.45, 7) is 0. The molecule has 2 rings (SSSR count). The van der Waals surface area contributed by atoms with E-state index in [0.29, 0.717) is 34.4 Å². The van der Waals surface area contributed by atoms with Crippen LogP contribution in [0.15, 0.2) is 24.3 Å². The van der Waals surface area contributed by atoms with Crippen LogP contribution >= 0.6 is 0 Å². The molecule has 0 aliphatic rings. The molecule has 0 fully saturated rings. The van der Waals surface area contributed by atoms with Crippen LogP contribution in [0.2, 0.25) is 0 Å². The second-order valence-corrected chi connectivity index (χ2v) is 3.91. The number of pyridine rings is 2. The fourth-order valence-electron chi connectivity index (χ4n) is 1.50. The number of hydrogen-bond donors (Lipinski definition) is 4. The van der Waals surface area contributed by atoms with Gasteiger partial charge in [-0.3, -0.25) is 0 Å². The molecule has 0 aromatic carbocycles. The van der Waals surface area contributed by atoms with Crippen molar-refractivity contribution in [3.05, 3.63) is 35.4 Å². The summed E-state index contributed by atoms with van der Waals surface area (Å²) >= 11 is 0. The summed E-state index contributed by atoms with van der Waals surface area (Å²) in [5.74, 6) is 12.3. The van der Waals surface area contributed by atoms with Crippen molar-refractivity contribution < 1.29 is 0 Å². The molecule has 0 aliphatic heterocycles. The number of anilines is 4. The van der Waals surface area contributed by atoms with Gasteiger partial charge in [0.25, 0.3) is 0 Å². The predicted molar refractivity (Wildman–Crippen MR) is 79.9 cm³/mol. The van der Waals surface area contributed by atoms with E-state index in [1.54, 1.807) is 24.3 Å². The molecule has 0 saturated heterocycles. The smallest absolute Gasteiger partial charge is 0.127 e. The molecular weight excluding hydrogens is 252 g/mol. The van der Waals surface area contributed by atoms with E-state index in [-0.39, 0.29) is 0 Å². The zero-order valence-corrected chi connectivity index (χ0v) is 10.5. The van der Waals surface area contributed by atoms with Gasteiger partial charge in [-0.15, -0.1) is 0 Å². The molecule has 0 amide bonds. The Morgan fingerprint density at radius 3 is 1.20 bits per heavy atom. The van der Waals surface area contributed by atoms with Gasteiger partial charge >= 0.3 is 0 Å². The van der Waals surface area contributed by atoms with Gasteiger partial charge in [-0.1, -0.05) is 11.8 Å².